The first-order valence-electron chi connectivity index (χ1n) is 5.53. The summed E-state index contributed by atoms with van der Waals surface area (Å²) >= 11 is 1.67. The van der Waals surface area contributed by atoms with Crippen LogP contribution in [0.1, 0.15) is 27.5 Å². The molecular weight excluding hydrogens is 276 g/mol. The van der Waals surface area contributed by atoms with Crippen LogP contribution in [0.3, 0.4) is 0 Å². The average Bonchev–Trinajstić information content (AvgIpc) is 2.85. The maximum absolute atomic E-state index is 11.0. The molecule has 0 spiro atoms. The predicted octanol–water partition coefficient (Wildman–Crippen LogP) is 3.65. The molecule has 0 aliphatic heterocycles. The van der Waals surface area contributed by atoms with Gasteiger partial charge in [0.2, 0.25) is 0 Å². The topological polar surface area (TPSA) is 64.7 Å². The predicted molar refractivity (Wildman–Crippen MR) is 75.7 cm³/mol. The number of hydrogen-bond acceptors (Lipinski definition) is 4. The molecule has 0 fully saturated rings. The number of nitrogens with zero attached hydrogens (tertiary/aromatic N) is 2. The van der Waals surface area contributed by atoms with Crippen molar-refractivity contribution in [3.63, 3.8) is 0 Å². The molecule has 0 saturated heterocycles. The highest BCUT2D eigenvalue weighted by atomic mass is 32.1. The standard InChI is InChI=1S/C14H9N2OS2/c1-9(19-17)14-11(7-15)13(12(8-16)18-14)10-5-3-2-4-6-10/h2-6,9H,1H3/q+1. The van der Waals surface area contributed by atoms with Crippen molar-refractivity contribution in [2.24, 2.45) is 0 Å². The van der Waals surface area contributed by atoms with Crippen LogP contribution in [0.15, 0.2) is 30.3 Å². The third kappa shape index (κ3) is 2.39. The van der Waals surface area contributed by atoms with E-state index in [1.165, 1.54) is 11.3 Å². The zero-order valence-electron chi connectivity index (χ0n) is 10.1. The Kier molecular flexibility index (Phi) is 4.01. The zero-order valence-corrected chi connectivity index (χ0v) is 11.7. The first-order chi connectivity index (χ1) is 9.22. The number of thiophene rings is 1. The summed E-state index contributed by atoms with van der Waals surface area (Å²) in [6, 6.07) is 13.6. The lowest BCUT2D eigenvalue weighted by atomic mass is 10.0. The van der Waals surface area contributed by atoms with E-state index in [1.807, 2.05) is 30.3 Å². The first-order valence-corrected chi connectivity index (χ1v) is 7.16. The van der Waals surface area contributed by atoms with Crippen molar-refractivity contribution in [2.45, 2.75) is 12.2 Å². The van der Waals surface area contributed by atoms with Gasteiger partial charge < -0.3 is 0 Å². The third-order valence-corrected chi connectivity index (χ3v) is 4.68. The Hall–Kier alpha value is -2.08. The van der Waals surface area contributed by atoms with Crippen LogP contribution in [0.2, 0.25) is 0 Å². The van der Waals surface area contributed by atoms with Gasteiger partial charge in [-0.3, -0.25) is 0 Å². The van der Waals surface area contributed by atoms with Crippen molar-refractivity contribution >= 4 is 23.0 Å². The molecule has 92 valence electrons. The van der Waals surface area contributed by atoms with Gasteiger partial charge in [-0.1, -0.05) is 30.3 Å². The first kappa shape index (κ1) is 13.4. The van der Waals surface area contributed by atoms with Crippen molar-refractivity contribution < 1.29 is 4.21 Å². The van der Waals surface area contributed by atoms with Gasteiger partial charge in [-0.15, -0.1) is 11.3 Å². The molecule has 5 heteroatoms. The second kappa shape index (κ2) is 5.71. The van der Waals surface area contributed by atoms with Crippen LogP contribution in [0.25, 0.3) is 11.1 Å². The number of benzene rings is 1. The van der Waals surface area contributed by atoms with E-state index >= 15 is 0 Å². The smallest absolute Gasteiger partial charge is 0.192 e. The van der Waals surface area contributed by atoms with Crippen molar-refractivity contribution in [1.82, 2.24) is 0 Å². The molecule has 1 atom stereocenters. The van der Waals surface area contributed by atoms with Gasteiger partial charge in [0.15, 0.2) is 0 Å². The number of nitriles is 2. The molecule has 2 aromatic rings. The lowest BCUT2D eigenvalue weighted by Gasteiger charge is -1.99. The fourth-order valence-corrected chi connectivity index (χ4v) is 3.32. The molecule has 0 radical (unpaired) electrons. The van der Waals surface area contributed by atoms with E-state index in [2.05, 4.69) is 12.1 Å². The minimum Gasteiger partial charge on any atom is -0.192 e. The van der Waals surface area contributed by atoms with Crippen LogP contribution >= 0.6 is 11.3 Å². The Morgan fingerprint density at radius 3 is 2.42 bits per heavy atom. The van der Waals surface area contributed by atoms with Crippen molar-refractivity contribution in [1.29, 1.82) is 10.5 Å². The van der Waals surface area contributed by atoms with E-state index < -0.39 is 0 Å². The summed E-state index contributed by atoms with van der Waals surface area (Å²) in [7, 11) is 0. The van der Waals surface area contributed by atoms with E-state index in [1.54, 1.807) is 6.92 Å². The summed E-state index contributed by atoms with van der Waals surface area (Å²) in [5, 5.41) is 18.3. The van der Waals surface area contributed by atoms with Gasteiger partial charge in [0.25, 0.3) is 5.25 Å². The lowest BCUT2D eigenvalue weighted by molar-refractivity contribution is 0.601. The van der Waals surface area contributed by atoms with Gasteiger partial charge >= 0.3 is 11.7 Å². The number of rotatable bonds is 3. The molecule has 19 heavy (non-hydrogen) atoms. The molecule has 0 amide bonds. The van der Waals surface area contributed by atoms with Gasteiger partial charge in [-0.25, -0.2) is 0 Å². The summed E-state index contributed by atoms with van der Waals surface area (Å²) in [6.45, 7) is 1.75. The molecule has 0 N–H and O–H groups in total. The van der Waals surface area contributed by atoms with Crippen LogP contribution in [0, 0.1) is 22.7 Å². The molecule has 1 heterocycles. The Bertz CT molecular complexity index is 693. The highest BCUT2D eigenvalue weighted by molar-refractivity contribution is 7.66. The maximum Gasteiger partial charge on any atom is 0.467 e. The van der Waals surface area contributed by atoms with E-state index in [-0.39, 0.29) is 5.25 Å². The molecule has 0 aliphatic rings. The lowest BCUT2D eigenvalue weighted by Crippen LogP contribution is -1.90. The molecule has 1 unspecified atom stereocenters. The van der Waals surface area contributed by atoms with Crippen LogP contribution in [0.5, 0.6) is 0 Å². The van der Waals surface area contributed by atoms with Crippen LogP contribution in [0.4, 0.5) is 0 Å². The SMILES string of the molecule is CC([S+]=O)c1sc(C#N)c(-c2ccccc2)c1C#N. The molecule has 0 saturated carbocycles. The van der Waals surface area contributed by atoms with Crippen molar-refractivity contribution in [2.75, 3.05) is 0 Å². The molecule has 3 nitrogen and oxygen atoms in total. The van der Waals surface area contributed by atoms with E-state index in [4.69, 9.17) is 0 Å². The summed E-state index contributed by atoms with van der Waals surface area (Å²) in [5.41, 5.74) is 1.93. The fourth-order valence-electron chi connectivity index (χ4n) is 1.85. The molecule has 0 aliphatic carbocycles. The average molecular weight is 285 g/mol. The largest absolute Gasteiger partial charge is 0.467 e. The van der Waals surface area contributed by atoms with E-state index in [0.717, 1.165) is 5.56 Å². The minimum absolute atomic E-state index is 0.329. The second-order valence-corrected chi connectivity index (χ2v) is 5.83. The van der Waals surface area contributed by atoms with Crippen LogP contribution in [-0.2, 0) is 15.9 Å². The van der Waals surface area contributed by atoms with E-state index in [0.29, 0.717) is 32.5 Å². The molecular formula is C14H9N2OS2+. The molecule has 2 rings (SSSR count). The van der Waals surface area contributed by atoms with Crippen molar-refractivity contribution in [3.05, 3.63) is 45.6 Å². The second-order valence-electron chi connectivity index (χ2n) is 3.87. The van der Waals surface area contributed by atoms with Gasteiger partial charge in [-0.2, -0.15) is 10.5 Å². The quantitative estimate of drug-likeness (QED) is 0.808. The zero-order chi connectivity index (χ0) is 13.8. The van der Waals surface area contributed by atoms with Crippen molar-refractivity contribution in [3.8, 4) is 23.3 Å². The summed E-state index contributed by atoms with van der Waals surface area (Å²) in [5.74, 6) is 0. The Labute approximate surface area is 119 Å². The van der Waals surface area contributed by atoms with E-state index in [9.17, 15) is 14.7 Å². The Balaban J connectivity index is 2.74. The highest BCUT2D eigenvalue weighted by Gasteiger charge is 2.29. The minimum atomic E-state index is -0.329. The normalized spacial score (nSPS) is 11.3. The van der Waals surface area contributed by atoms with Gasteiger partial charge in [0.05, 0.1) is 10.4 Å². The van der Waals surface area contributed by atoms with Crippen LogP contribution in [-0.4, -0.2) is 0 Å². The molecule has 1 aromatic heterocycles. The summed E-state index contributed by atoms with van der Waals surface area (Å²) in [4.78, 5) is 1.16. The highest BCUT2D eigenvalue weighted by Crippen LogP contribution is 2.39. The molecule has 1 aromatic carbocycles. The molecule has 0 bridgehead atoms. The number of hydrogen-bond donors (Lipinski definition) is 0. The van der Waals surface area contributed by atoms with Gasteiger partial charge in [0, 0.05) is 16.7 Å². The summed E-state index contributed by atoms with van der Waals surface area (Å²) < 4.78 is 11.0. The Morgan fingerprint density at radius 1 is 1.21 bits per heavy atom. The monoisotopic (exact) mass is 285 g/mol. The van der Waals surface area contributed by atoms with Gasteiger partial charge in [-0.05, 0) is 5.56 Å². The maximum atomic E-state index is 11.0. The van der Waals surface area contributed by atoms with Gasteiger partial charge in [0.1, 0.15) is 17.0 Å². The third-order valence-electron chi connectivity index (χ3n) is 2.72. The fraction of sp³-hybridized carbons (Fsp3) is 0.143. The van der Waals surface area contributed by atoms with Crippen LogP contribution < -0.4 is 0 Å². The summed E-state index contributed by atoms with van der Waals surface area (Å²) in [6.07, 6.45) is 0. The Morgan fingerprint density at radius 2 is 1.89 bits per heavy atom.